The molecule has 0 aliphatic heterocycles. The Morgan fingerprint density at radius 2 is 1.86 bits per heavy atom. The van der Waals surface area contributed by atoms with Gasteiger partial charge in [-0.05, 0) is 25.1 Å². The largest absolute Gasteiger partial charge is 0.496 e. The number of ether oxygens (including phenoxy) is 1. The van der Waals surface area contributed by atoms with Crippen LogP contribution in [0.25, 0.3) is 16.4 Å². The molecule has 2 heterocycles. The minimum atomic E-state index is -0.297. The molecule has 0 atom stereocenters. The molecule has 0 fully saturated rings. The molecule has 2 aromatic carbocycles. The van der Waals surface area contributed by atoms with Crippen molar-refractivity contribution in [1.82, 2.24) is 19.5 Å². The van der Waals surface area contributed by atoms with Crippen LogP contribution in [0.1, 0.15) is 11.4 Å². The van der Waals surface area contributed by atoms with Gasteiger partial charge in [0.25, 0.3) is 5.56 Å². The van der Waals surface area contributed by atoms with Crippen LogP contribution in [0, 0.1) is 6.92 Å². The van der Waals surface area contributed by atoms with Gasteiger partial charge in [-0.3, -0.25) is 14.0 Å². The molecule has 0 unspecified atom stereocenters. The summed E-state index contributed by atoms with van der Waals surface area (Å²) >= 11 is 0. The van der Waals surface area contributed by atoms with Crippen LogP contribution in [-0.4, -0.2) is 27.2 Å². The molecule has 7 nitrogen and oxygen atoms in total. The zero-order chi connectivity index (χ0) is 19.7. The first-order valence-corrected chi connectivity index (χ1v) is 8.95. The van der Waals surface area contributed by atoms with E-state index in [9.17, 15) is 9.59 Å². The Morgan fingerprint density at radius 1 is 1.11 bits per heavy atom. The number of hydrogen-bond donors (Lipinski definition) is 1. The van der Waals surface area contributed by atoms with Crippen molar-refractivity contribution in [3.63, 3.8) is 0 Å². The third-order valence-corrected chi connectivity index (χ3v) is 4.72. The maximum atomic E-state index is 12.8. The first kappa shape index (κ1) is 17.8. The average molecular weight is 376 g/mol. The first-order valence-electron chi connectivity index (χ1n) is 8.95. The number of carbonyl (C=O) groups is 1. The van der Waals surface area contributed by atoms with Crippen molar-refractivity contribution >= 4 is 22.3 Å². The highest BCUT2D eigenvalue weighted by atomic mass is 16.5. The van der Waals surface area contributed by atoms with E-state index in [4.69, 9.17) is 4.74 Å². The number of hydrogen-bond acceptors (Lipinski definition) is 4. The lowest BCUT2D eigenvalue weighted by molar-refractivity contribution is -0.122. The summed E-state index contributed by atoms with van der Waals surface area (Å²) in [5, 5.41) is 8.11. The molecule has 0 aliphatic rings. The molecule has 0 saturated heterocycles. The second kappa shape index (κ2) is 7.19. The van der Waals surface area contributed by atoms with Crippen molar-refractivity contribution < 1.29 is 9.53 Å². The number of nitrogens with one attached hydrogen (secondary N) is 1. The summed E-state index contributed by atoms with van der Waals surface area (Å²) in [4.78, 5) is 25.2. The minimum absolute atomic E-state index is 0.146. The molecule has 0 radical (unpaired) electrons. The molecule has 4 rings (SSSR count). The summed E-state index contributed by atoms with van der Waals surface area (Å²) in [6, 6.07) is 17.0. The van der Waals surface area contributed by atoms with E-state index in [1.54, 1.807) is 7.11 Å². The molecule has 4 aromatic rings. The average Bonchev–Trinajstić information content (AvgIpc) is 3.11. The molecular weight excluding hydrogens is 356 g/mol. The predicted molar refractivity (Wildman–Crippen MR) is 107 cm³/mol. The highest BCUT2D eigenvalue weighted by molar-refractivity contribution is 5.87. The third kappa shape index (κ3) is 3.11. The molecular formula is C21H20N4O3. The number of aromatic nitrogens is 3. The van der Waals surface area contributed by atoms with Crippen LogP contribution in [0.5, 0.6) is 5.75 Å². The Balaban J connectivity index is 1.59. The van der Waals surface area contributed by atoms with E-state index < -0.39 is 0 Å². The number of methoxy groups -OCH3 is 1. The van der Waals surface area contributed by atoms with Crippen LogP contribution >= 0.6 is 0 Å². The van der Waals surface area contributed by atoms with Gasteiger partial charge in [-0.15, -0.1) is 0 Å². The van der Waals surface area contributed by atoms with Gasteiger partial charge in [-0.1, -0.05) is 36.4 Å². The first-order chi connectivity index (χ1) is 13.6. The van der Waals surface area contributed by atoms with Crippen LogP contribution in [0.3, 0.4) is 0 Å². The van der Waals surface area contributed by atoms with E-state index in [0.29, 0.717) is 23.6 Å². The Bertz CT molecular complexity index is 1240. The van der Waals surface area contributed by atoms with Crippen molar-refractivity contribution in [2.24, 2.45) is 0 Å². The van der Waals surface area contributed by atoms with Gasteiger partial charge >= 0.3 is 0 Å². The molecule has 0 bridgehead atoms. The standard InChI is InChI=1S/C21H20N4O3/c1-14-23-24(13-20(26)22-12-16-8-4-6-10-19(16)28-2)21(27)18-11-15-7-3-5-9-17(15)25(14)18/h3-11H,12-13H2,1-2H3,(H,22,26). The number of nitrogens with zero attached hydrogens (tertiary/aromatic N) is 3. The van der Waals surface area contributed by atoms with Gasteiger partial charge in [0.05, 0.1) is 12.6 Å². The maximum absolute atomic E-state index is 12.8. The van der Waals surface area contributed by atoms with Crippen molar-refractivity contribution in [2.45, 2.75) is 20.0 Å². The molecule has 0 saturated carbocycles. The van der Waals surface area contributed by atoms with E-state index in [-0.39, 0.29) is 18.0 Å². The Hall–Kier alpha value is -3.61. The fraction of sp³-hybridized carbons (Fsp3) is 0.190. The molecule has 2 aromatic heterocycles. The summed E-state index contributed by atoms with van der Waals surface area (Å²) < 4.78 is 8.32. The van der Waals surface area contributed by atoms with Crippen LogP contribution in [0.15, 0.2) is 59.4 Å². The molecule has 0 spiro atoms. The normalized spacial score (nSPS) is 11.1. The van der Waals surface area contributed by atoms with E-state index in [1.165, 1.54) is 4.68 Å². The van der Waals surface area contributed by atoms with Crippen molar-refractivity contribution in [3.8, 4) is 5.75 Å². The lowest BCUT2D eigenvalue weighted by Crippen LogP contribution is -2.34. The lowest BCUT2D eigenvalue weighted by atomic mass is 10.2. The highest BCUT2D eigenvalue weighted by Crippen LogP contribution is 2.19. The Labute approximate surface area is 161 Å². The maximum Gasteiger partial charge on any atom is 0.291 e. The fourth-order valence-electron chi connectivity index (χ4n) is 3.40. The summed E-state index contributed by atoms with van der Waals surface area (Å²) in [6.07, 6.45) is 0. The smallest absolute Gasteiger partial charge is 0.291 e. The second-order valence-electron chi connectivity index (χ2n) is 6.52. The van der Waals surface area contributed by atoms with Gasteiger partial charge in [0.1, 0.15) is 23.6 Å². The van der Waals surface area contributed by atoms with Crippen molar-refractivity contribution in [3.05, 3.63) is 76.3 Å². The predicted octanol–water partition coefficient (Wildman–Crippen LogP) is 2.28. The lowest BCUT2D eigenvalue weighted by Gasteiger charge is -2.11. The van der Waals surface area contributed by atoms with Gasteiger partial charge < -0.3 is 10.1 Å². The SMILES string of the molecule is COc1ccccc1CNC(=O)Cn1nc(C)n2c(cc3ccccc32)c1=O. The highest BCUT2D eigenvalue weighted by Gasteiger charge is 2.14. The Morgan fingerprint density at radius 3 is 2.68 bits per heavy atom. The zero-order valence-corrected chi connectivity index (χ0v) is 15.7. The van der Waals surface area contributed by atoms with Gasteiger partial charge in [-0.2, -0.15) is 5.10 Å². The van der Waals surface area contributed by atoms with Crippen molar-refractivity contribution in [1.29, 1.82) is 0 Å². The number of carbonyl (C=O) groups excluding carboxylic acids is 1. The summed E-state index contributed by atoms with van der Waals surface area (Å²) in [5.41, 5.74) is 2.00. The summed E-state index contributed by atoms with van der Waals surface area (Å²) in [5.74, 6) is 1.06. The third-order valence-electron chi connectivity index (χ3n) is 4.72. The van der Waals surface area contributed by atoms with Crippen LogP contribution < -0.4 is 15.6 Å². The topological polar surface area (TPSA) is 77.6 Å². The van der Waals surface area contributed by atoms with E-state index >= 15 is 0 Å². The van der Waals surface area contributed by atoms with Crippen LogP contribution in [-0.2, 0) is 17.9 Å². The molecule has 142 valence electrons. The van der Waals surface area contributed by atoms with E-state index in [2.05, 4.69) is 10.4 Å². The van der Waals surface area contributed by atoms with E-state index in [1.807, 2.05) is 65.9 Å². The quantitative estimate of drug-likeness (QED) is 0.580. The second-order valence-corrected chi connectivity index (χ2v) is 6.52. The van der Waals surface area contributed by atoms with E-state index in [0.717, 1.165) is 16.5 Å². The molecule has 0 aliphatic carbocycles. The van der Waals surface area contributed by atoms with Gasteiger partial charge in [0.2, 0.25) is 5.91 Å². The monoisotopic (exact) mass is 376 g/mol. The zero-order valence-electron chi connectivity index (χ0n) is 15.7. The van der Waals surface area contributed by atoms with Crippen LogP contribution in [0.2, 0.25) is 0 Å². The number of amides is 1. The van der Waals surface area contributed by atoms with Gasteiger partial charge in [0.15, 0.2) is 0 Å². The summed E-state index contributed by atoms with van der Waals surface area (Å²) in [6.45, 7) is 1.99. The van der Waals surface area contributed by atoms with Gasteiger partial charge in [-0.25, -0.2) is 4.68 Å². The fourth-order valence-corrected chi connectivity index (χ4v) is 3.40. The number of benzene rings is 2. The number of para-hydroxylation sites is 2. The number of aryl methyl sites for hydroxylation is 1. The van der Waals surface area contributed by atoms with Gasteiger partial charge in [0, 0.05) is 17.5 Å². The molecule has 7 heteroatoms. The molecule has 1 N–H and O–H groups in total. The number of fused-ring (bicyclic) bond motifs is 3. The summed E-state index contributed by atoms with van der Waals surface area (Å²) in [7, 11) is 1.59. The minimum Gasteiger partial charge on any atom is -0.496 e. The van der Waals surface area contributed by atoms with Crippen molar-refractivity contribution in [2.75, 3.05) is 7.11 Å². The number of rotatable bonds is 5. The molecule has 28 heavy (non-hydrogen) atoms. The van der Waals surface area contributed by atoms with Crippen LogP contribution in [0.4, 0.5) is 0 Å². The molecule has 1 amide bonds. The Kier molecular flexibility index (Phi) is 4.57.